The van der Waals surface area contributed by atoms with Gasteiger partial charge in [0.2, 0.25) is 0 Å². The first kappa shape index (κ1) is 12.3. The number of hydrogen-bond donors (Lipinski definition) is 2. The van der Waals surface area contributed by atoms with Gasteiger partial charge in [-0.3, -0.25) is 4.98 Å². The van der Waals surface area contributed by atoms with Crippen molar-refractivity contribution in [3.63, 3.8) is 0 Å². The molecular weight excluding hydrogens is 261 g/mol. The van der Waals surface area contributed by atoms with Gasteiger partial charge in [-0.05, 0) is 18.2 Å². The lowest BCUT2D eigenvalue weighted by Gasteiger charge is -2.06. The van der Waals surface area contributed by atoms with E-state index in [-0.39, 0.29) is 22.2 Å². The molecule has 7 heteroatoms. The number of hydrogen-bond acceptors (Lipinski definition) is 4. The second kappa shape index (κ2) is 4.97. The van der Waals surface area contributed by atoms with Crippen molar-refractivity contribution in [2.45, 2.75) is 0 Å². The van der Waals surface area contributed by atoms with Crippen molar-refractivity contribution >= 4 is 29.1 Å². The third kappa shape index (κ3) is 2.72. The Bertz CT molecular complexity index is 607. The van der Waals surface area contributed by atoms with Gasteiger partial charge in [0.25, 0.3) is 0 Å². The van der Waals surface area contributed by atoms with Crippen LogP contribution < -0.4 is 5.32 Å². The predicted molar refractivity (Wildman–Crippen MR) is 63.7 cm³/mol. The monoisotopic (exact) mass is 267 g/mol. The van der Waals surface area contributed by atoms with Crippen LogP contribution in [0.4, 0.5) is 15.9 Å². The topological polar surface area (TPSA) is 75.1 Å². The van der Waals surface area contributed by atoms with E-state index in [2.05, 4.69) is 15.3 Å². The first-order valence-corrected chi connectivity index (χ1v) is 5.21. The lowest BCUT2D eigenvalue weighted by atomic mass is 10.3. The Balaban J connectivity index is 2.28. The van der Waals surface area contributed by atoms with Crippen molar-refractivity contribution in [2.75, 3.05) is 5.32 Å². The van der Waals surface area contributed by atoms with Crippen molar-refractivity contribution in [3.05, 3.63) is 47.1 Å². The van der Waals surface area contributed by atoms with Gasteiger partial charge in [0.15, 0.2) is 5.69 Å². The summed E-state index contributed by atoms with van der Waals surface area (Å²) >= 11 is 5.61. The SMILES string of the molecule is O=C(O)c1cncc(Nc2ccc(Cl)cc2F)n1. The molecule has 0 bridgehead atoms. The minimum Gasteiger partial charge on any atom is -0.476 e. The summed E-state index contributed by atoms with van der Waals surface area (Å²) in [5, 5.41) is 11.6. The zero-order valence-electron chi connectivity index (χ0n) is 8.89. The van der Waals surface area contributed by atoms with E-state index in [4.69, 9.17) is 16.7 Å². The van der Waals surface area contributed by atoms with E-state index in [9.17, 15) is 9.18 Å². The van der Waals surface area contributed by atoms with Crippen LogP contribution in [0.25, 0.3) is 0 Å². The van der Waals surface area contributed by atoms with E-state index in [1.807, 2.05) is 0 Å². The van der Waals surface area contributed by atoms with Crippen molar-refractivity contribution < 1.29 is 14.3 Å². The Labute approximate surface area is 106 Å². The summed E-state index contributed by atoms with van der Waals surface area (Å²) < 4.78 is 13.5. The molecule has 2 aromatic rings. The highest BCUT2D eigenvalue weighted by Crippen LogP contribution is 2.21. The molecule has 0 saturated heterocycles. The minimum absolute atomic E-state index is 0.135. The van der Waals surface area contributed by atoms with Crippen LogP contribution in [0.15, 0.2) is 30.6 Å². The molecule has 0 atom stereocenters. The second-order valence-corrected chi connectivity index (χ2v) is 3.78. The number of carbonyl (C=O) groups is 1. The number of anilines is 2. The van der Waals surface area contributed by atoms with Crippen LogP contribution in [0.3, 0.4) is 0 Å². The van der Waals surface area contributed by atoms with Crippen molar-refractivity contribution in [2.24, 2.45) is 0 Å². The molecule has 0 fully saturated rings. The standard InChI is InChI=1S/C11H7ClFN3O2/c12-6-1-2-8(7(13)3-6)15-10-5-14-4-9(16-10)11(17)18/h1-5H,(H,15,16)(H,17,18). The Kier molecular flexibility index (Phi) is 3.38. The highest BCUT2D eigenvalue weighted by atomic mass is 35.5. The van der Waals surface area contributed by atoms with Crippen LogP contribution in [0.2, 0.25) is 5.02 Å². The van der Waals surface area contributed by atoms with E-state index < -0.39 is 11.8 Å². The van der Waals surface area contributed by atoms with Gasteiger partial charge >= 0.3 is 5.97 Å². The fraction of sp³-hybridized carbons (Fsp3) is 0. The Hall–Kier alpha value is -2.21. The van der Waals surface area contributed by atoms with E-state index >= 15 is 0 Å². The van der Waals surface area contributed by atoms with Crippen LogP contribution in [-0.2, 0) is 0 Å². The van der Waals surface area contributed by atoms with Crippen LogP contribution in [0, 0.1) is 5.82 Å². The van der Waals surface area contributed by atoms with E-state index in [1.54, 1.807) is 0 Å². The molecule has 0 radical (unpaired) electrons. The number of aromatic carboxylic acids is 1. The van der Waals surface area contributed by atoms with Gasteiger partial charge in [0.05, 0.1) is 18.1 Å². The van der Waals surface area contributed by atoms with E-state index in [0.717, 1.165) is 12.3 Å². The zero-order chi connectivity index (χ0) is 13.1. The molecule has 0 amide bonds. The Morgan fingerprint density at radius 1 is 1.39 bits per heavy atom. The van der Waals surface area contributed by atoms with Crippen LogP contribution in [-0.4, -0.2) is 21.0 Å². The lowest BCUT2D eigenvalue weighted by molar-refractivity contribution is 0.0690. The summed E-state index contributed by atoms with van der Waals surface area (Å²) in [5.74, 6) is -1.64. The quantitative estimate of drug-likeness (QED) is 0.894. The number of halogens is 2. The average Bonchev–Trinajstić information content (AvgIpc) is 2.33. The van der Waals surface area contributed by atoms with E-state index in [1.165, 1.54) is 18.3 Å². The fourth-order valence-corrected chi connectivity index (χ4v) is 1.42. The van der Waals surface area contributed by atoms with Gasteiger partial charge in [-0.2, -0.15) is 0 Å². The van der Waals surface area contributed by atoms with Crippen LogP contribution >= 0.6 is 11.6 Å². The molecule has 1 aromatic carbocycles. The highest BCUT2D eigenvalue weighted by molar-refractivity contribution is 6.30. The highest BCUT2D eigenvalue weighted by Gasteiger charge is 2.08. The molecule has 0 unspecified atom stereocenters. The summed E-state index contributed by atoms with van der Waals surface area (Å²) in [5.41, 5.74) is -0.0920. The molecule has 5 nitrogen and oxygen atoms in total. The maximum Gasteiger partial charge on any atom is 0.356 e. The van der Waals surface area contributed by atoms with Crippen molar-refractivity contribution in [3.8, 4) is 0 Å². The third-order valence-corrected chi connectivity index (χ3v) is 2.28. The molecule has 0 aliphatic rings. The number of carboxylic acids is 1. The average molecular weight is 268 g/mol. The van der Waals surface area contributed by atoms with Gasteiger partial charge in [0, 0.05) is 5.02 Å². The normalized spacial score (nSPS) is 10.1. The molecule has 18 heavy (non-hydrogen) atoms. The molecule has 0 saturated carbocycles. The maximum absolute atomic E-state index is 13.5. The van der Waals surface area contributed by atoms with Crippen LogP contribution in [0.1, 0.15) is 10.5 Å². The van der Waals surface area contributed by atoms with Gasteiger partial charge in [-0.15, -0.1) is 0 Å². The van der Waals surface area contributed by atoms with Gasteiger partial charge in [-0.1, -0.05) is 11.6 Å². The number of nitrogens with one attached hydrogen (secondary N) is 1. The molecule has 2 N–H and O–H groups in total. The van der Waals surface area contributed by atoms with Gasteiger partial charge in [0.1, 0.15) is 11.6 Å². The zero-order valence-corrected chi connectivity index (χ0v) is 9.65. The molecule has 2 rings (SSSR count). The molecule has 0 spiro atoms. The molecule has 1 aromatic heterocycles. The van der Waals surface area contributed by atoms with Crippen LogP contribution in [0.5, 0.6) is 0 Å². The second-order valence-electron chi connectivity index (χ2n) is 3.34. The summed E-state index contributed by atoms with van der Waals surface area (Å²) in [6.07, 6.45) is 2.40. The Morgan fingerprint density at radius 2 is 2.17 bits per heavy atom. The molecule has 92 valence electrons. The van der Waals surface area contributed by atoms with Gasteiger partial charge < -0.3 is 10.4 Å². The molecule has 0 aliphatic carbocycles. The molecule has 1 heterocycles. The summed E-state index contributed by atoms with van der Waals surface area (Å²) in [6, 6.07) is 4.06. The number of aromatic nitrogens is 2. The minimum atomic E-state index is -1.21. The summed E-state index contributed by atoms with van der Waals surface area (Å²) in [6.45, 7) is 0. The lowest BCUT2D eigenvalue weighted by Crippen LogP contribution is -2.04. The first-order valence-electron chi connectivity index (χ1n) is 4.83. The number of nitrogens with zero attached hydrogens (tertiary/aromatic N) is 2. The number of carboxylic acid groups (broad SMARTS) is 1. The van der Waals surface area contributed by atoms with Crippen molar-refractivity contribution in [1.29, 1.82) is 0 Å². The largest absolute Gasteiger partial charge is 0.476 e. The Morgan fingerprint density at radius 3 is 2.83 bits per heavy atom. The predicted octanol–water partition coefficient (Wildman–Crippen LogP) is 2.71. The molecule has 0 aliphatic heterocycles. The fourth-order valence-electron chi connectivity index (χ4n) is 1.26. The van der Waals surface area contributed by atoms with Gasteiger partial charge in [-0.25, -0.2) is 14.2 Å². The maximum atomic E-state index is 13.5. The first-order chi connectivity index (χ1) is 8.56. The summed E-state index contributed by atoms with van der Waals surface area (Å²) in [4.78, 5) is 18.1. The number of rotatable bonds is 3. The van der Waals surface area contributed by atoms with E-state index in [0.29, 0.717) is 0 Å². The summed E-state index contributed by atoms with van der Waals surface area (Å²) in [7, 11) is 0. The third-order valence-electron chi connectivity index (χ3n) is 2.05. The smallest absolute Gasteiger partial charge is 0.356 e. The number of benzene rings is 1. The van der Waals surface area contributed by atoms with Crippen molar-refractivity contribution in [1.82, 2.24) is 9.97 Å². The molecular formula is C11H7ClFN3O2.